The lowest BCUT2D eigenvalue weighted by Gasteiger charge is -2.27. The van der Waals surface area contributed by atoms with Crippen molar-refractivity contribution in [3.63, 3.8) is 0 Å². The van der Waals surface area contributed by atoms with E-state index in [1.807, 2.05) is 25.1 Å². The first-order valence-corrected chi connectivity index (χ1v) is 6.84. The lowest BCUT2D eigenvalue weighted by molar-refractivity contribution is 0.0695. The number of nitrogens with one attached hydrogen (secondary N) is 1. The second-order valence-electron chi connectivity index (χ2n) is 5.33. The fourth-order valence-electron chi connectivity index (χ4n) is 2.68. The summed E-state index contributed by atoms with van der Waals surface area (Å²) in [5.41, 5.74) is 1.84. The Hall–Kier alpha value is -1.06. The monoisotopic (exact) mass is 249 g/mol. The zero-order chi connectivity index (χ0) is 13.0. The summed E-state index contributed by atoms with van der Waals surface area (Å²) in [6, 6.07) is 5.80. The fraction of sp³-hybridized carbons (Fsp3) is 0.600. The molecule has 0 aromatic heterocycles. The van der Waals surface area contributed by atoms with E-state index in [4.69, 9.17) is 0 Å². The van der Waals surface area contributed by atoms with Crippen LogP contribution in [0.2, 0.25) is 0 Å². The number of aromatic hydroxyl groups is 1. The molecule has 100 valence electrons. The van der Waals surface area contributed by atoms with Crippen molar-refractivity contribution in [1.29, 1.82) is 0 Å². The number of aliphatic hydroxyl groups is 1. The minimum absolute atomic E-state index is 0.155. The summed E-state index contributed by atoms with van der Waals surface area (Å²) in [6.45, 7) is 3.40. The maximum Gasteiger partial charge on any atom is 0.122 e. The molecule has 2 unspecified atom stereocenters. The van der Waals surface area contributed by atoms with Crippen molar-refractivity contribution < 1.29 is 10.2 Å². The molecule has 1 aliphatic carbocycles. The maximum absolute atomic E-state index is 9.90. The van der Waals surface area contributed by atoms with Crippen LogP contribution >= 0.6 is 0 Å². The zero-order valence-corrected chi connectivity index (χ0v) is 11.0. The highest BCUT2D eigenvalue weighted by Crippen LogP contribution is 2.24. The van der Waals surface area contributed by atoms with Gasteiger partial charge in [0.25, 0.3) is 0 Å². The largest absolute Gasteiger partial charge is 0.507 e. The van der Waals surface area contributed by atoms with Gasteiger partial charge >= 0.3 is 0 Å². The minimum atomic E-state index is -0.155. The quantitative estimate of drug-likeness (QED) is 0.767. The number of benzene rings is 1. The van der Waals surface area contributed by atoms with Gasteiger partial charge < -0.3 is 15.5 Å². The number of para-hydroxylation sites is 1. The molecular formula is C15H23NO2. The number of hydrogen-bond acceptors (Lipinski definition) is 3. The van der Waals surface area contributed by atoms with Crippen molar-refractivity contribution in [2.75, 3.05) is 6.54 Å². The molecule has 3 heteroatoms. The Morgan fingerprint density at radius 1 is 1.28 bits per heavy atom. The smallest absolute Gasteiger partial charge is 0.122 e. The molecule has 0 radical (unpaired) electrons. The third-order valence-corrected chi connectivity index (χ3v) is 3.91. The molecule has 2 atom stereocenters. The molecule has 3 nitrogen and oxygen atoms in total. The first-order valence-electron chi connectivity index (χ1n) is 6.84. The number of phenols is 1. The van der Waals surface area contributed by atoms with E-state index < -0.39 is 0 Å². The topological polar surface area (TPSA) is 52.5 Å². The molecule has 1 fully saturated rings. The minimum Gasteiger partial charge on any atom is -0.507 e. The van der Waals surface area contributed by atoms with Crippen LogP contribution in [0.15, 0.2) is 18.2 Å². The van der Waals surface area contributed by atoms with Crippen LogP contribution in [0.4, 0.5) is 0 Å². The van der Waals surface area contributed by atoms with Crippen LogP contribution in [0.1, 0.15) is 36.8 Å². The highest BCUT2D eigenvalue weighted by molar-refractivity contribution is 5.39. The molecule has 0 amide bonds. The van der Waals surface area contributed by atoms with E-state index in [9.17, 15) is 10.2 Å². The zero-order valence-electron chi connectivity index (χ0n) is 11.0. The molecule has 1 aromatic carbocycles. The molecule has 0 saturated heterocycles. The average Bonchev–Trinajstić information content (AvgIpc) is 2.37. The van der Waals surface area contributed by atoms with Gasteiger partial charge in [0.2, 0.25) is 0 Å². The summed E-state index contributed by atoms with van der Waals surface area (Å²) < 4.78 is 0. The molecule has 3 N–H and O–H groups in total. The number of aliphatic hydroxyl groups excluding tert-OH is 1. The van der Waals surface area contributed by atoms with E-state index in [-0.39, 0.29) is 6.10 Å². The van der Waals surface area contributed by atoms with Crippen molar-refractivity contribution in [3.8, 4) is 5.75 Å². The van der Waals surface area contributed by atoms with Crippen LogP contribution in [0.5, 0.6) is 5.75 Å². The summed E-state index contributed by atoms with van der Waals surface area (Å²) in [4.78, 5) is 0. The molecule has 0 heterocycles. The Bertz CT molecular complexity index is 392. The number of hydrogen-bond donors (Lipinski definition) is 3. The lowest BCUT2D eigenvalue weighted by atomic mass is 9.86. The van der Waals surface area contributed by atoms with Gasteiger partial charge in [0.1, 0.15) is 5.75 Å². The summed E-state index contributed by atoms with van der Waals surface area (Å²) in [7, 11) is 0. The third-order valence-electron chi connectivity index (χ3n) is 3.91. The predicted molar refractivity (Wildman–Crippen MR) is 72.5 cm³/mol. The van der Waals surface area contributed by atoms with Gasteiger partial charge in [-0.15, -0.1) is 0 Å². The SMILES string of the molecule is Cc1cccc(CNCC2CCCCC2O)c1O. The molecule has 0 aliphatic heterocycles. The first-order chi connectivity index (χ1) is 8.68. The van der Waals surface area contributed by atoms with Gasteiger partial charge in [0.15, 0.2) is 0 Å². The summed E-state index contributed by atoms with van der Waals surface area (Å²) in [5.74, 6) is 0.750. The van der Waals surface area contributed by atoms with E-state index >= 15 is 0 Å². The van der Waals surface area contributed by atoms with Crippen LogP contribution in [0, 0.1) is 12.8 Å². The number of rotatable bonds is 4. The fourth-order valence-corrected chi connectivity index (χ4v) is 2.68. The molecule has 18 heavy (non-hydrogen) atoms. The van der Waals surface area contributed by atoms with Crippen LogP contribution in [-0.2, 0) is 6.54 Å². The average molecular weight is 249 g/mol. The number of aryl methyl sites for hydroxylation is 1. The van der Waals surface area contributed by atoms with Crippen molar-refractivity contribution in [2.45, 2.75) is 45.3 Å². The van der Waals surface area contributed by atoms with E-state index in [2.05, 4.69) is 5.32 Å². The normalized spacial score (nSPS) is 24.1. The summed E-state index contributed by atoms with van der Waals surface area (Å²) in [6.07, 6.45) is 4.25. The van der Waals surface area contributed by atoms with E-state index in [1.165, 1.54) is 6.42 Å². The Morgan fingerprint density at radius 3 is 2.83 bits per heavy atom. The molecule has 1 saturated carbocycles. The Labute approximate surface area is 109 Å². The van der Waals surface area contributed by atoms with Gasteiger partial charge in [0, 0.05) is 18.7 Å². The summed E-state index contributed by atoms with van der Waals surface area (Å²) >= 11 is 0. The molecule has 1 aliphatic rings. The van der Waals surface area contributed by atoms with Crippen LogP contribution in [0.25, 0.3) is 0 Å². The second-order valence-corrected chi connectivity index (χ2v) is 5.33. The van der Waals surface area contributed by atoms with Gasteiger partial charge in [-0.1, -0.05) is 31.0 Å². The molecule has 0 bridgehead atoms. The number of phenolic OH excluding ortho intramolecular Hbond substituents is 1. The van der Waals surface area contributed by atoms with E-state index in [1.54, 1.807) is 0 Å². The molecule has 2 rings (SSSR count). The van der Waals surface area contributed by atoms with Crippen molar-refractivity contribution in [3.05, 3.63) is 29.3 Å². The molecular weight excluding hydrogens is 226 g/mol. The summed E-state index contributed by atoms with van der Waals surface area (Å²) in [5, 5.41) is 23.1. The highest BCUT2D eigenvalue weighted by atomic mass is 16.3. The van der Waals surface area contributed by atoms with Gasteiger partial charge in [-0.25, -0.2) is 0 Å². The van der Waals surface area contributed by atoms with E-state index in [0.717, 1.165) is 36.9 Å². The van der Waals surface area contributed by atoms with Crippen molar-refractivity contribution >= 4 is 0 Å². The van der Waals surface area contributed by atoms with Crippen molar-refractivity contribution in [2.24, 2.45) is 5.92 Å². The third kappa shape index (κ3) is 3.24. The Balaban J connectivity index is 1.83. The molecule has 1 aromatic rings. The van der Waals surface area contributed by atoms with E-state index in [0.29, 0.717) is 18.2 Å². The Kier molecular flexibility index (Phi) is 4.61. The van der Waals surface area contributed by atoms with Crippen molar-refractivity contribution in [1.82, 2.24) is 5.32 Å². The van der Waals surface area contributed by atoms with Gasteiger partial charge in [-0.3, -0.25) is 0 Å². The molecule has 0 spiro atoms. The maximum atomic E-state index is 9.90. The highest BCUT2D eigenvalue weighted by Gasteiger charge is 2.22. The Morgan fingerprint density at radius 2 is 2.06 bits per heavy atom. The van der Waals surface area contributed by atoms with Gasteiger partial charge in [-0.2, -0.15) is 0 Å². The van der Waals surface area contributed by atoms with Crippen LogP contribution in [-0.4, -0.2) is 22.9 Å². The van der Waals surface area contributed by atoms with Gasteiger partial charge in [-0.05, 0) is 31.2 Å². The second kappa shape index (κ2) is 6.21. The van der Waals surface area contributed by atoms with Crippen LogP contribution < -0.4 is 5.32 Å². The van der Waals surface area contributed by atoms with Gasteiger partial charge in [0.05, 0.1) is 6.10 Å². The predicted octanol–water partition coefficient (Wildman–Crippen LogP) is 2.34. The lowest BCUT2D eigenvalue weighted by Crippen LogP contribution is -2.33. The first kappa shape index (κ1) is 13.4. The standard InChI is InChI=1S/C15H23NO2/c1-11-5-4-7-13(15(11)18)10-16-9-12-6-2-3-8-14(12)17/h4-5,7,12,14,16-18H,2-3,6,8-10H2,1H3. The van der Waals surface area contributed by atoms with Crippen LogP contribution in [0.3, 0.4) is 0 Å².